The van der Waals surface area contributed by atoms with E-state index >= 15 is 0 Å². The van der Waals surface area contributed by atoms with Crippen molar-refractivity contribution in [3.05, 3.63) is 6.33 Å². The Kier molecular flexibility index (Phi) is 4.15. The molecule has 0 radical (unpaired) electrons. The van der Waals surface area contributed by atoms with Crippen LogP contribution in [0, 0.1) is 5.92 Å². The summed E-state index contributed by atoms with van der Waals surface area (Å²) in [6, 6.07) is -0.354. The Balaban J connectivity index is 1.98. The van der Waals surface area contributed by atoms with Gasteiger partial charge in [0.05, 0.1) is 11.5 Å². The fourth-order valence-electron chi connectivity index (χ4n) is 2.18. The van der Waals surface area contributed by atoms with Crippen molar-refractivity contribution >= 4 is 17.9 Å². The van der Waals surface area contributed by atoms with Crippen molar-refractivity contribution in [1.29, 1.82) is 0 Å². The number of nitrogens with one attached hydrogen (secondary N) is 1. The van der Waals surface area contributed by atoms with Crippen LogP contribution < -0.4 is 5.32 Å². The summed E-state index contributed by atoms with van der Waals surface area (Å²) < 4.78 is 1.67. The van der Waals surface area contributed by atoms with Gasteiger partial charge in [-0.2, -0.15) is 0 Å². The van der Waals surface area contributed by atoms with E-state index in [1.807, 2.05) is 20.8 Å². The number of carbonyl (C=O) groups is 2. The van der Waals surface area contributed by atoms with Crippen LogP contribution in [0.2, 0.25) is 0 Å². The highest BCUT2D eigenvalue weighted by Crippen LogP contribution is 2.18. The number of rotatable bonds is 2. The quantitative estimate of drug-likeness (QED) is 0.858. The molecule has 0 saturated carbocycles. The van der Waals surface area contributed by atoms with Crippen LogP contribution in [0.5, 0.6) is 0 Å². The van der Waals surface area contributed by atoms with Crippen LogP contribution in [-0.4, -0.2) is 49.9 Å². The van der Waals surface area contributed by atoms with E-state index in [-0.39, 0.29) is 24.1 Å². The van der Waals surface area contributed by atoms with E-state index < -0.39 is 11.9 Å². The lowest BCUT2D eigenvalue weighted by Crippen LogP contribution is -2.44. The summed E-state index contributed by atoms with van der Waals surface area (Å²) in [6.45, 7) is 6.72. The normalized spacial score (nSPS) is 19.4. The van der Waals surface area contributed by atoms with Gasteiger partial charge in [-0.25, -0.2) is 14.5 Å². The van der Waals surface area contributed by atoms with Gasteiger partial charge in [0.2, 0.25) is 5.95 Å². The third-order valence-corrected chi connectivity index (χ3v) is 3.46. The van der Waals surface area contributed by atoms with Crippen molar-refractivity contribution in [1.82, 2.24) is 19.7 Å². The van der Waals surface area contributed by atoms with E-state index in [9.17, 15) is 9.59 Å². The minimum absolute atomic E-state index is 0.213. The van der Waals surface area contributed by atoms with Crippen LogP contribution in [0.15, 0.2) is 6.33 Å². The predicted molar refractivity (Wildman–Crippen MR) is 76.0 cm³/mol. The smallest absolute Gasteiger partial charge is 0.324 e. The highest BCUT2D eigenvalue weighted by atomic mass is 16.4. The van der Waals surface area contributed by atoms with E-state index in [0.717, 1.165) is 0 Å². The highest BCUT2D eigenvalue weighted by Gasteiger charge is 2.28. The second-order valence-corrected chi connectivity index (χ2v) is 6.24. The van der Waals surface area contributed by atoms with E-state index in [0.29, 0.717) is 19.4 Å². The summed E-state index contributed by atoms with van der Waals surface area (Å²) in [6.07, 6.45) is 2.86. The average molecular weight is 295 g/mol. The summed E-state index contributed by atoms with van der Waals surface area (Å²) in [5.41, 5.74) is -0.213. The number of amides is 2. The lowest BCUT2D eigenvalue weighted by atomic mass is 9.99. The van der Waals surface area contributed by atoms with Gasteiger partial charge < -0.3 is 10.0 Å². The van der Waals surface area contributed by atoms with Gasteiger partial charge in [0, 0.05) is 13.1 Å². The van der Waals surface area contributed by atoms with Crippen LogP contribution in [0.25, 0.3) is 0 Å². The maximum atomic E-state index is 12.1. The Labute approximate surface area is 123 Å². The van der Waals surface area contributed by atoms with Crippen molar-refractivity contribution in [2.24, 2.45) is 5.92 Å². The minimum atomic E-state index is -0.859. The molecule has 1 unspecified atom stereocenters. The molecule has 2 rings (SSSR count). The number of hydrogen-bond acceptors (Lipinski definition) is 4. The zero-order valence-corrected chi connectivity index (χ0v) is 12.5. The number of anilines is 1. The maximum absolute atomic E-state index is 12.1. The van der Waals surface area contributed by atoms with Crippen molar-refractivity contribution in [2.45, 2.75) is 39.2 Å². The molecule has 1 aliphatic heterocycles. The average Bonchev–Trinajstić information content (AvgIpc) is 2.87. The van der Waals surface area contributed by atoms with E-state index in [1.54, 1.807) is 11.0 Å². The molecule has 1 saturated heterocycles. The zero-order chi connectivity index (χ0) is 15.6. The molecular formula is C13H21N5O3. The predicted octanol–water partition coefficient (Wildman–Crippen LogP) is 1.36. The molecule has 116 valence electrons. The number of carboxylic acid groups (broad SMARTS) is 1. The summed E-state index contributed by atoms with van der Waals surface area (Å²) in [5.74, 6) is -1.13. The van der Waals surface area contributed by atoms with Gasteiger partial charge in [-0.15, -0.1) is 5.10 Å². The number of carbonyl (C=O) groups excluding carboxylic acids is 1. The zero-order valence-electron chi connectivity index (χ0n) is 12.5. The van der Waals surface area contributed by atoms with Crippen LogP contribution in [-0.2, 0) is 10.3 Å². The molecule has 0 aromatic carbocycles. The minimum Gasteiger partial charge on any atom is -0.481 e. The highest BCUT2D eigenvalue weighted by molar-refractivity contribution is 5.87. The second kappa shape index (κ2) is 5.71. The molecule has 1 aliphatic rings. The number of aromatic nitrogens is 3. The Morgan fingerprint density at radius 3 is 2.71 bits per heavy atom. The van der Waals surface area contributed by atoms with Crippen molar-refractivity contribution in [3.8, 4) is 0 Å². The number of likely N-dealkylation sites (tertiary alicyclic amines) is 1. The van der Waals surface area contributed by atoms with Gasteiger partial charge in [-0.1, -0.05) is 0 Å². The molecule has 0 bridgehead atoms. The SMILES string of the molecule is CC(C)(C)n1cnc(NC(=O)N2CCCC(C(=O)O)C2)n1. The first-order valence-corrected chi connectivity index (χ1v) is 6.98. The summed E-state index contributed by atoms with van der Waals surface area (Å²) >= 11 is 0. The molecule has 2 N–H and O–H groups in total. The molecule has 2 heterocycles. The van der Waals surface area contributed by atoms with Crippen LogP contribution in [0.3, 0.4) is 0 Å². The lowest BCUT2D eigenvalue weighted by Gasteiger charge is -2.30. The summed E-state index contributed by atoms with van der Waals surface area (Å²) in [5, 5.41) is 15.8. The molecule has 2 amide bonds. The van der Waals surface area contributed by atoms with Crippen molar-refractivity contribution in [2.75, 3.05) is 18.4 Å². The number of carboxylic acids is 1. The molecular weight excluding hydrogens is 274 g/mol. The first-order valence-electron chi connectivity index (χ1n) is 6.98. The van der Waals surface area contributed by atoms with Gasteiger partial charge in [0.15, 0.2) is 0 Å². The van der Waals surface area contributed by atoms with Crippen molar-refractivity contribution < 1.29 is 14.7 Å². The van der Waals surface area contributed by atoms with Gasteiger partial charge in [0.1, 0.15) is 6.33 Å². The molecule has 0 aliphatic carbocycles. The van der Waals surface area contributed by atoms with Crippen molar-refractivity contribution in [3.63, 3.8) is 0 Å². The topological polar surface area (TPSA) is 100 Å². The summed E-state index contributed by atoms with van der Waals surface area (Å²) in [7, 11) is 0. The molecule has 8 nitrogen and oxygen atoms in total. The van der Waals surface area contributed by atoms with Gasteiger partial charge in [-0.05, 0) is 33.6 Å². The number of aliphatic carboxylic acids is 1. The number of piperidine rings is 1. The molecule has 1 aromatic heterocycles. The molecule has 0 spiro atoms. The molecule has 8 heteroatoms. The number of nitrogens with zero attached hydrogens (tertiary/aromatic N) is 4. The van der Waals surface area contributed by atoms with Gasteiger partial charge in [-0.3, -0.25) is 10.1 Å². The Morgan fingerprint density at radius 1 is 1.43 bits per heavy atom. The number of hydrogen-bond donors (Lipinski definition) is 2. The third-order valence-electron chi connectivity index (χ3n) is 3.46. The Bertz CT molecular complexity index is 534. The van der Waals surface area contributed by atoms with E-state index in [1.165, 1.54) is 4.90 Å². The monoisotopic (exact) mass is 295 g/mol. The van der Waals surface area contributed by atoms with Crippen LogP contribution in [0.4, 0.5) is 10.7 Å². The molecule has 21 heavy (non-hydrogen) atoms. The summed E-state index contributed by atoms with van der Waals surface area (Å²) in [4.78, 5) is 28.7. The van der Waals surface area contributed by atoms with Crippen LogP contribution in [0.1, 0.15) is 33.6 Å². The fraction of sp³-hybridized carbons (Fsp3) is 0.692. The molecule has 1 aromatic rings. The lowest BCUT2D eigenvalue weighted by molar-refractivity contribution is -0.143. The molecule has 1 atom stereocenters. The first-order chi connectivity index (χ1) is 9.77. The third kappa shape index (κ3) is 3.71. The van der Waals surface area contributed by atoms with Crippen LogP contribution >= 0.6 is 0 Å². The van der Waals surface area contributed by atoms with E-state index in [2.05, 4.69) is 15.4 Å². The maximum Gasteiger partial charge on any atom is 0.324 e. The molecule has 1 fully saturated rings. The van der Waals surface area contributed by atoms with Gasteiger partial charge >= 0.3 is 12.0 Å². The standard InChI is InChI=1S/C13H21N5O3/c1-13(2,3)18-8-14-11(16-18)15-12(21)17-6-4-5-9(7-17)10(19)20/h8-9H,4-7H2,1-3H3,(H,19,20)(H,15,16,21). The Hall–Kier alpha value is -2.12. The largest absolute Gasteiger partial charge is 0.481 e. The fourth-order valence-corrected chi connectivity index (χ4v) is 2.18. The first kappa shape index (κ1) is 15.3. The van der Waals surface area contributed by atoms with Gasteiger partial charge in [0.25, 0.3) is 0 Å². The Morgan fingerprint density at radius 2 is 2.14 bits per heavy atom. The second-order valence-electron chi connectivity index (χ2n) is 6.24. The van der Waals surface area contributed by atoms with E-state index in [4.69, 9.17) is 5.11 Å². The number of urea groups is 1.